The van der Waals surface area contributed by atoms with Gasteiger partial charge < -0.3 is 11.1 Å². The lowest BCUT2D eigenvalue weighted by Crippen LogP contribution is -2.28. The summed E-state index contributed by atoms with van der Waals surface area (Å²) < 4.78 is 3.74. The van der Waals surface area contributed by atoms with E-state index in [1.165, 1.54) is 0 Å². The summed E-state index contributed by atoms with van der Waals surface area (Å²) in [7, 11) is 0. The Labute approximate surface area is 124 Å². The molecule has 2 heterocycles. The van der Waals surface area contributed by atoms with Gasteiger partial charge in [0.25, 0.3) is 0 Å². The van der Waals surface area contributed by atoms with Gasteiger partial charge in [-0.25, -0.2) is 9.67 Å². The Balaban J connectivity index is 2.15. The summed E-state index contributed by atoms with van der Waals surface area (Å²) in [6.07, 6.45) is 0.385. The van der Waals surface area contributed by atoms with Gasteiger partial charge in [-0.2, -0.15) is 5.10 Å². The largest absolute Gasteiger partial charge is 0.369 e. The molecule has 0 aliphatic rings. The molecule has 0 unspecified atom stereocenters. The predicted octanol–water partition coefficient (Wildman–Crippen LogP) is 1.31. The molecule has 0 saturated heterocycles. The number of carbonyl (C=O) groups excluding carboxylic acids is 1. The molecule has 0 spiro atoms. The first-order valence-corrected chi connectivity index (χ1v) is 7.39. The normalized spacial score (nSPS) is 11.5. The minimum atomic E-state index is 0.0317. The number of hydrogen-bond donors (Lipinski definition) is 2. The summed E-state index contributed by atoms with van der Waals surface area (Å²) in [5.74, 6) is 0.914. The molecule has 0 bridgehead atoms. The molecule has 0 aliphatic heterocycles. The van der Waals surface area contributed by atoms with Crippen LogP contribution >= 0.6 is 0 Å². The first-order chi connectivity index (χ1) is 9.93. The fraction of sp³-hybridized carbons (Fsp3) is 0.643. The van der Waals surface area contributed by atoms with Crippen LogP contribution in [0, 0.1) is 12.8 Å². The van der Waals surface area contributed by atoms with E-state index in [0.717, 1.165) is 23.4 Å². The highest BCUT2D eigenvalue weighted by Gasteiger charge is 2.17. The van der Waals surface area contributed by atoms with E-state index in [1.807, 2.05) is 23.1 Å². The number of nitrogens with zero attached hydrogens (tertiary/aromatic N) is 4. The van der Waals surface area contributed by atoms with Crippen molar-refractivity contribution in [1.29, 1.82) is 0 Å². The Morgan fingerprint density at radius 3 is 2.76 bits per heavy atom. The number of amides is 1. The van der Waals surface area contributed by atoms with E-state index in [2.05, 4.69) is 29.2 Å². The van der Waals surface area contributed by atoms with E-state index in [0.29, 0.717) is 31.4 Å². The molecular formula is C14H24N6O. The Kier molecular flexibility index (Phi) is 4.50. The molecule has 0 aromatic carbocycles. The molecule has 7 nitrogen and oxygen atoms in total. The second-order valence-electron chi connectivity index (χ2n) is 5.64. The van der Waals surface area contributed by atoms with Crippen molar-refractivity contribution in [3.05, 3.63) is 5.69 Å². The topological polar surface area (TPSA) is 90.8 Å². The molecule has 0 aliphatic carbocycles. The molecule has 1 amide bonds. The SMILES string of the molecule is CCn1nc(C)c2nc(N)n(CCC(=O)NCC(C)C)c21. The van der Waals surface area contributed by atoms with Crippen molar-refractivity contribution in [3.8, 4) is 0 Å². The Morgan fingerprint density at radius 2 is 2.14 bits per heavy atom. The standard InChI is InChI=1S/C14H24N6O/c1-5-20-13-12(10(4)18-20)17-14(15)19(13)7-6-11(21)16-8-9(2)3/h9H,5-8H2,1-4H3,(H2,15,17)(H,16,21). The summed E-state index contributed by atoms with van der Waals surface area (Å²) in [4.78, 5) is 16.2. The number of aryl methyl sites for hydroxylation is 3. The number of fused-ring (bicyclic) bond motifs is 1. The molecule has 2 aromatic rings. The molecule has 116 valence electrons. The molecule has 0 radical (unpaired) electrons. The highest BCUT2D eigenvalue weighted by Crippen LogP contribution is 2.21. The molecule has 0 fully saturated rings. The van der Waals surface area contributed by atoms with Gasteiger partial charge in [-0.15, -0.1) is 0 Å². The third-order valence-electron chi connectivity index (χ3n) is 3.40. The molecule has 3 N–H and O–H groups in total. The molecule has 2 rings (SSSR count). The van der Waals surface area contributed by atoms with Gasteiger partial charge in [0.05, 0.1) is 5.69 Å². The number of imidazole rings is 1. The number of hydrogen-bond acceptors (Lipinski definition) is 4. The minimum absolute atomic E-state index is 0.0317. The van der Waals surface area contributed by atoms with Crippen LogP contribution in [0.5, 0.6) is 0 Å². The van der Waals surface area contributed by atoms with E-state index in [-0.39, 0.29) is 5.91 Å². The number of nitrogens with one attached hydrogen (secondary N) is 1. The van der Waals surface area contributed by atoms with Crippen molar-refractivity contribution in [2.24, 2.45) is 5.92 Å². The lowest BCUT2D eigenvalue weighted by Gasteiger charge is -2.10. The van der Waals surface area contributed by atoms with Crippen LogP contribution in [-0.2, 0) is 17.9 Å². The van der Waals surface area contributed by atoms with Crippen molar-refractivity contribution in [2.45, 2.75) is 47.2 Å². The average Bonchev–Trinajstić information content (AvgIpc) is 2.91. The van der Waals surface area contributed by atoms with E-state index >= 15 is 0 Å². The van der Waals surface area contributed by atoms with Gasteiger partial charge in [0.1, 0.15) is 5.52 Å². The van der Waals surface area contributed by atoms with E-state index in [9.17, 15) is 4.79 Å². The molecule has 0 saturated carbocycles. The number of nitrogen functional groups attached to an aromatic ring is 1. The van der Waals surface area contributed by atoms with E-state index in [4.69, 9.17) is 5.73 Å². The van der Waals surface area contributed by atoms with Crippen molar-refractivity contribution in [2.75, 3.05) is 12.3 Å². The monoisotopic (exact) mass is 292 g/mol. The van der Waals surface area contributed by atoms with Gasteiger partial charge in [-0.3, -0.25) is 9.36 Å². The summed E-state index contributed by atoms with van der Waals surface area (Å²) in [6, 6.07) is 0. The zero-order chi connectivity index (χ0) is 15.6. The Morgan fingerprint density at radius 1 is 1.43 bits per heavy atom. The summed E-state index contributed by atoms with van der Waals surface area (Å²) in [5, 5.41) is 7.34. The smallest absolute Gasteiger partial charge is 0.221 e. The zero-order valence-corrected chi connectivity index (χ0v) is 13.2. The lowest BCUT2D eigenvalue weighted by molar-refractivity contribution is -0.121. The number of aromatic nitrogens is 4. The summed E-state index contributed by atoms with van der Waals surface area (Å²) in [5.41, 5.74) is 8.55. The van der Waals surface area contributed by atoms with Crippen LogP contribution in [0.15, 0.2) is 0 Å². The van der Waals surface area contributed by atoms with Crippen LogP contribution in [0.3, 0.4) is 0 Å². The quantitative estimate of drug-likeness (QED) is 0.839. The first kappa shape index (κ1) is 15.3. The maximum atomic E-state index is 11.8. The maximum absolute atomic E-state index is 11.8. The van der Waals surface area contributed by atoms with Crippen molar-refractivity contribution >= 4 is 23.0 Å². The Hall–Kier alpha value is -2.05. The minimum Gasteiger partial charge on any atom is -0.369 e. The van der Waals surface area contributed by atoms with Crippen LogP contribution in [0.2, 0.25) is 0 Å². The molecule has 2 aromatic heterocycles. The molecule has 21 heavy (non-hydrogen) atoms. The lowest BCUT2D eigenvalue weighted by atomic mass is 10.2. The van der Waals surface area contributed by atoms with Gasteiger partial charge in [-0.1, -0.05) is 13.8 Å². The van der Waals surface area contributed by atoms with E-state index < -0.39 is 0 Å². The predicted molar refractivity (Wildman–Crippen MR) is 82.8 cm³/mol. The third-order valence-corrected chi connectivity index (χ3v) is 3.40. The van der Waals surface area contributed by atoms with Crippen LogP contribution in [-0.4, -0.2) is 31.8 Å². The van der Waals surface area contributed by atoms with Crippen LogP contribution in [0.25, 0.3) is 11.2 Å². The maximum Gasteiger partial charge on any atom is 0.221 e. The highest BCUT2D eigenvalue weighted by atomic mass is 16.1. The first-order valence-electron chi connectivity index (χ1n) is 7.39. The van der Waals surface area contributed by atoms with Crippen molar-refractivity contribution < 1.29 is 4.79 Å². The number of anilines is 1. The van der Waals surface area contributed by atoms with E-state index in [1.54, 1.807) is 0 Å². The summed E-state index contributed by atoms with van der Waals surface area (Å²) >= 11 is 0. The fourth-order valence-electron chi connectivity index (χ4n) is 2.30. The van der Waals surface area contributed by atoms with Gasteiger partial charge >= 0.3 is 0 Å². The van der Waals surface area contributed by atoms with Gasteiger partial charge in [0, 0.05) is 26.1 Å². The number of carbonyl (C=O) groups is 1. The highest BCUT2D eigenvalue weighted by molar-refractivity contribution is 5.79. The molecular weight excluding hydrogens is 268 g/mol. The van der Waals surface area contributed by atoms with Gasteiger partial charge in [-0.05, 0) is 19.8 Å². The number of nitrogens with two attached hydrogens (primary N) is 1. The van der Waals surface area contributed by atoms with Gasteiger partial charge in [0.2, 0.25) is 11.9 Å². The van der Waals surface area contributed by atoms with Gasteiger partial charge in [0.15, 0.2) is 5.65 Å². The average molecular weight is 292 g/mol. The fourth-order valence-corrected chi connectivity index (χ4v) is 2.30. The van der Waals surface area contributed by atoms with Crippen molar-refractivity contribution in [1.82, 2.24) is 24.6 Å². The molecule has 0 atom stereocenters. The second kappa shape index (κ2) is 6.15. The third kappa shape index (κ3) is 3.17. The molecule has 7 heteroatoms. The van der Waals surface area contributed by atoms with Crippen LogP contribution in [0.4, 0.5) is 5.95 Å². The van der Waals surface area contributed by atoms with Crippen molar-refractivity contribution in [3.63, 3.8) is 0 Å². The zero-order valence-electron chi connectivity index (χ0n) is 13.2. The summed E-state index contributed by atoms with van der Waals surface area (Å²) in [6.45, 7) is 10.0. The number of rotatable bonds is 6. The Bertz CT molecular complexity index is 639. The second-order valence-corrected chi connectivity index (χ2v) is 5.64. The van der Waals surface area contributed by atoms with Crippen LogP contribution in [0.1, 0.15) is 32.9 Å². The van der Waals surface area contributed by atoms with Crippen LogP contribution < -0.4 is 11.1 Å².